The van der Waals surface area contributed by atoms with Crippen molar-refractivity contribution in [1.82, 2.24) is 0 Å². The molecule has 106 valence electrons. The number of nitrogens with zero attached hydrogens (tertiary/aromatic N) is 1. The normalized spacial score (nSPS) is 10.4. The molecule has 0 fully saturated rings. The molecule has 7 heteroatoms. The SMILES string of the molecule is COCCOCCOc1ccc(CCl)cc1[N+](=O)[O-]. The summed E-state index contributed by atoms with van der Waals surface area (Å²) in [5, 5.41) is 10.9. The van der Waals surface area contributed by atoms with E-state index in [1.165, 1.54) is 6.07 Å². The Morgan fingerprint density at radius 3 is 2.63 bits per heavy atom. The predicted molar refractivity (Wildman–Crippen MR) is 70.8 cm³/mol. The maximum absolute atomic E-state index is 10.9. The van der Waals surface area contributed by atoms with Gasteiger partial charge in [0, 0.05) is 19.1 Å². The zero-order chi connectivity index (χ0) is 14.1. The van der Waals surface area contributed by atoms with Crippen molar-refractivity contribution in [3.63, 3.8) is 0 Å². The average molecular weight is 290 g/mol. The van der Waals surface area contributed by atoms with Gasteiger partial charge in [0.25, 0.3) is 0 Å². The number of alkyl halides is 1. The van der Waals surface area contributed by atoms with Crippen LogP contribution in [0.25, 0.3) is 0 Å². The van der Waals surface area contributed by atoms with Crippen LogP contribution in [0.5, 0.6) is 5.75 Å². The fraction of sp³-hybridized carbons (Fsp3) is 0.500. The Bertz CT molecular complexity index is 413. The van der Waals surface area contributed by atoms with Gasteiger partial charge in [-0.1, -0.05) is 6.07 Å². The van der Waals surface area contributed by atoms with Gasteiger partial charge < -0.3 is 14.2 Å². The Balaban J connectivity index is 2.50. The third-order valence-corrected chi connectivity index (χ3v) is 2.60. The molecule has 19 heavy (non-hydrogen) atoms. The Morgan fingerprint density at radius 1 is 1.26 bits per heavy atom. The second-order valence-electron chi connectivity index (χ2n) is 3.65. The van der Waals surface area contributed by atoms with Gasteiger partial charge in [-0.3, -0.25) is 10.1 Å². The first-order chi connectivity index (χ1) is 9.19. The van der Waals surface area contributed by atoms with Crippen LogP contribution in [0.2, 0.25) is 0 Å². The third-order valence-electron chi connectivity index (χ3n) is 2.29. The highest BCUT2D eigenvalue weighted by molar-refractivity contribution is 6.17. The molecule has 0 bridgehead atoms. The Hall–Kier alpha value is -1.37. The monoisotopic (exact) mass is 289 g/mol. The van der Waals surface area contributed by atoms with Crippen molar-refractivity contribution < 1.29 is 19.1 Å². The number of methoxy groups -OCH3 is 1. The van der Waals surface area contributed by atoms with E-state index in [1.807, 2.05) is 0 Å². The van der Waals surface area contributed by atoms with E-state index in [2.05, 4.69) is 0 Å². The summed E-state index contributed by atoms with van der Waals surface area (Å²) < 4.78 is 15.3. The maximum atomic E-state index is 10.9. The molecule has 1 rings (SSSR count). The predicted octanol–water partition coefficient (Wildman–Crippen LogP) is 2.38. The van der Waals surface area contributed by atoms with Crippen molar-refractivity contribution in [3.05, 3.63) is 33.9 Å². The van der Waals surface area contributed by atoms with Crippen molar-refractivity contribution in [2.45, 2.75) is 5.88 Å². The molecule has 0 saturated heterocycles. The van der Waals surface area contributed by atoms with Crippen LogP contribution in [0, 0.1) is 10.1 Å². The fourth-order valence-electron chi connectivity index (χ4n) is 1.37. The Labute approximate surface area is 116 Å². The van der Waals surface area contributed by atoms with Gasteiger partial charge >= 0.3 is 5.69 Å². The summed E-state index contributed by atoms with van der Waals surface area (Å²) in [5.41, 5.74) is 0.590. The number of hydrogen-bond donors (Lipinski definition) is 0. The summed E-state index contributed by atoms with van der Waals surface area (Å²) in [6.07, 6.45) is 0. The molecule has 0 N–H and O–H groups in total. The Morgan fingerprint density at radius 2 is 2.00 bits per heavy atom. The molecule has 0 aromatic heterocycles. The highest BCUT2D eigenvalue weighted by Gasteiger charge is 2.15. The van der Waals surface area contributed by atoms with E-state index in [4.69, 9.17) is 25.8 Å². The van der Waals surface area contributed by atoms with Gasteiger partial charge in [-0.25, -0.2) is 0 Å². The highest BCUT2D eigenvalue weighted by atomic mass is 35.5. The van der Waals surface area contributed by atoms with Gasteiger partial charge in [-0.15, -0.1) is 11.6 Å². The smallest absolute Gasteiger partial charge is 0.311 e. The lowest BCUT2D eigenvalue weighted by Gasteiger charge is -2.08. The van der Waals surface area contributed by atoms with Gasteiger partial charge in [0.05, 0.1) is 24.7 Å². The van der Waals surface area contributed by atoms with Crippen molar-refractivity contribution in [2.75, 3.05) is 33.5 Å². The zero-order valence-corrected chi connectivity index (χ0v) is 11.4. The zero-order valence-electron chi connectivity index (χ0n) is 10.6. The summed E-state index contributed by atoms with van der Waals surface area (Å²) in [5.74, 6) is 0.440. The average Bonchev–Trinajstić information content (AvgIpc) is 2.42. The van der Waals surface area contributed by atoms with E-state index in [0.29, 0.717) is 25.4 Å². The highest BCUT2D eigenvalue weighted by Crippen LogP contribution is 2.28. The summed E-state index contributed by atoms with van der Waals surface area (Å²) >= 11 is 5.64. The number of halogens is 1. The lowest BCUT2D eigenvalue weighted by atomic mass is 10.2. The first kappa shape index (κ1) is 15.7. The van der Waals surface area contributed by atoms with Gasteiger partial charge in [-0.2, -0.15) is 0 Å². The van der Waals surface area contributed by atoms with Crippen LogP contribution in [0.4, 0.5) is 5.69 Å². The standard InChI is InChI=1S/C12H16ClNO5/c1-17-4-5-18-6-7-19-12-3-2-10(9-13)8-11(12)14(15)16/h2-3,8H,4-7,9H2,1H3. The van der Waals surface area contributed by atoms with Crippen molar-refractivity contribution >= 4 is 17.3 Å². The molecule has 0 atom stereocenters. The molecule has 0 unspecified atom stereocenters. The molecule has 1 aromatic rings. The van der Waals surface area contributed by atoms with E-state index in [9.17, 15) is 10.1 Å². The van der Waals surface area contributed by atoms with Crippen LogP contribution < -0.4 is 4.74 Å². The molecule has 0 amide bonds. The van der Waals surface area contributed by atoms with Crippen LogP contribution in [-0.2, 0) is 15.4 Å². The van der Waals surface area contributed by atoms with Crippen molar-refractivity contribution in [3.8, 4) is 5.75 Å². The van der Waals surface area contributed by atoms with E-state index in [1.54, 1.807) is 19.2 Å². The number of hydrogen-bond acceptors (Lipinski definition) is 5. The lowest BCUT2D eigenvalue weighted by molar-refractivity contribution is -0.385. The molecule has 0 aliphatic carbocycles. The van der Waals surface area contributed by atoms with Gasteiger partial charge in [0.2, 0.25) is 0 Å². The van der Waals surface area contributed by atoms with Crippen LogP contribution in [-0.4, -0.2) is 38.5 Å². The van der Waals surface area contributed by atoms with E-state index >= 15 is 0 Å². The van der Waals surface area contributed by atoms with Gasteiger partial charge in [0.1, 0.15) is 6.61 Å². The molecular weight excluding hydrogens is 274 g/mol. The van der Waals surface area contributed by atoms with Gasteiger partial charge in [0.15, 0.2) is 5.75 Å². The fourth-order valence-corrected chi connectivity index (χ4v) is 1.53. The second kappa shape index (κ2) is 8.68. The molecular formula is C12H16ClNO5. The molecule has 0 radical (unpaired) electrons. The lowest BCUT2D eigenvalue weighted by Crippen LogP contribution is -2.10. The largest absolute Gasteiger partial charge is 0.484 e. The van der Waals surface area contributed by atoms with E-state index in [0.717, 1.165) is 0 Å². The number of ether oxygens (including phenoxy) is 3. The molecule has 0 spiro atoms. The van der Waals surface area contributed by atoms with Crippen molar-refractivity contribution in [2.24, 2.45) is 0 Å². The van der Waals surface area contributed by atoms with Gasteiger partial charge in [-0.05, 0) is 11.6 Å². The first-order valence-electron chi connectivity index (χ1n) is 5.71. The minimum atomic E-state index is -0.489. The third kappa shape index (κ3) is 5.42. The second-order valence-corrected chi connectivity index (χ2v) is 3.91. The quantitative estimate of drug-likeness (QED) is 0.302. The molecule has 0 aliphatic rings. The minimum absolute atomic E-state index is 0.0879. The molecule has 0 heterocycles. The number of nitro benzene ring substituents is 1. The summed E-state index contributed by atoms with van der Waals surface area (Å²) in [6.45, 7) is 1.56. The van der Waals surface area contributed by atoms with Crippen LogP contribution >= 0.6 is 11.6 Å². The maximum Gasteiger partial charge on any atom is 0.311 e. The topological polar surface area (TPSA) is 70.8 Å². The molecule has 1 aromatic carbocycles. The van der Waals surface area contributed by atoms with Crippen LogP contribution in [0.15, 0.2) is 18.2 Å². The molecule has 0 saturated carbocycles. The molecule has 6 nitrogen and oxygen atoms in total. The summed E-state index contributed by atoms with van der Waals surface area (Å²) in [6, 6.07) is 4.65. The summed E-state index contributed by atoms with van der Waals surface area (Å²) in [4.78, 5) is 10.4. The van der Waals surface area contributed by atoms with Crippen LogP contribution in [0.1, 0.15) is 5.56 Å². The number of rotatable bonds is 9. The van der Waals surface area contributed by atoms with E-state index < -0.39 is 4.92 Å². The minimum Gasteiger partial charge on any atom is -0.484 e. The van der Waals surface area contributed by atoms with Crippen molar-refractivity contribution in [1.29, 1.82) is 0 Å². The first-order valence-corrected chi connectivity index (χ1v) is 6.25. The number of benzene rings is 1. The van der Waals surface area contributed by atoms with Crippen LogP contribution in [0.3, 0.4) is 0 Å². The molecule has 0 aliphatic heterocycles. The number of nitro groups is 1. The van der Waals surface area contributed by atoms with E-state index in [-0.39, 0.29) is 23.9 Å². The summed E-state index contributed by atoms with van der Waals surface area (Å²) in [7, 11) is 1.58. The Kier molecular flexibility index (Phi) is 7.17.